The summed E-state index contributed by atoms with van der Waals surface area (Å²) in [5.74, 6) is 1.75. The summed E-state index contributed by atoms with van der Waals surface area (Å²) in [5, 5.41) is 2.75. The number of nitrogens with one attached hydrogen (secondary N) is 1. The number of benzene rings is 1. The Kier molecular flexibility index (Phi) is 6.25. The van der Waals surface area contributed by atoms with E-state index in [-0.39, 0.29) is 17.6 Å². The molecule has 166 valence electrons. The van der Waals surface area contributed by atoms with Crippen LogP contribution in [0.25, 0.3) is 0 Å². The number of hydrogen-bond donors (Lipinski definition) is 1. The standard InChI is InChI=1S/C23H24N4O5/c1-30-17-6-7-18(20(14-17)31-2)23(29)27-11-9-26(10-12-27)21-8-5-16(15-24-21)25-22(28)19-4-3-13-32-19/h3-8,13-15H,9-12H2,1-2H3,(H,25,28). The average molecular weight is 436 g/mol. The summed E-state index contributed by atoms with van der Waals surface area (Å²) < 4.78 is 15.7. The first-order valence-electron chi connectivity index (χ1n) is 10.2. The van der Waals surface area contributed by atoms with Gasteiger partial charge in [-0.15, -0.1) is 0 Å². The number of aromatic nitrogens is 1. The van der Waals surface area contributed by atoms with Gasteiger partial charge in [-0.05, 0) is 36.4 Å². The Morgan fingerprint density at radius 1 is 1.03 bits per heavy atom. The van der Waals surface area contributed by atoms with Crippen LogP contribution < -0.4 is 19.7 Å². The van der Waals surface area contributed by atoms with Crippen LogP contribution >= 0.6 is 0 Å². The summed E-state index contributed by atoms with van der Waals surface area (Å²) in [6.07, 6.45) is 3.06. The van der Waals surface area contributed by atoms with Gasteiger partial charge < -0.3 is 29.0 Å². The molecule has 3 aromatic rings. The second kappa shape index (κ2) is 9.42. The van der Waals surface area contributed by atoms with Gasteiger partial charge in [-0.1, -0.05) is 0 Å². The Morgan fingerprint density at radius 2 is 1.84 bits per heavy atom. The molecule has 2 amide bonds. The quantitative estimate of drug-likeness (QED) is 0.635. The molecule has 32 heavy (non-hydrogen) atoms. The second-order valence-corrected chi connectivity index (χ2v) is 7.18. The van der Waals surface area contributed by atoms with Crippen molar-refractivity contribution in [3.63, 3.8) is 0 Å². The number of amides is 2. The minimum absolute atomic E-state index is 0.0758. The van der Waals surface area contributed by atoms with Crippen LogP contribution in [0.1, 0.15) is 20.9 Å². The average Bonchev–Trinajstić information content (AvgIpc) is 3.39. The fourth-order valence-electron chi connectivity index (χ4n) is 3.53. The molecule has 9 nitrogen and oxygen atoms in total. The molecule has 1 aliphatic heterocycles. The smallest absolute Gasteiger partial charge is 0.291 e. The maximum absolute atomic E-state index is 13.0. The van der Waals surface area contributed by atoms with Gasteiger partial charge in [0.05, 0.1) is 37.9 Å². The van der Waals surface area contributed by atoms with Crippen LogP contribution in [0.4, 0.5) is 11.5 Å². The number of piperazine rings is 1. The summed E-state index contributed by atoms with van der Waals surface area (Å²) in [6.45, 7) is 2.42. The van der Waals surface area contributed by atoms with Crippen LogP contribution in [0.3, 0.4) is 0 Å². The summed E-state index contributed by atoms with van der Waals surface area (Å²) >= 11 is 0. The lowest BCUT2D eigenvalue weighted by atomic mass is 10.1. The van der Waals surface area contributed by atoms with Crippen LogP contribution in [0, 0.1) is 0 Å². The molecule has 4 rings (SSSR count). The van der Waals surface area contributed by atoms with Crippen LogP contribution in [0.15, 0.2) is 59.3 Å². The van der Waals surface area contributed by atoms with E-state index in [2.05, 4.69) is 15.2 Å². The molecule has 2 aromatic heterocycles. The van der Waals surface area contributed by atoms with Gasteiger partial charge in [-0.3, -0.25) is 9.59 Å². The number of nitrogens with zero attached hydrogens (tertiary/aromatic N) is 3. The molecule has 1 N–H and O–H groups in total. The van der Waals surface area contributed by atoms with Crippen LogP contribution in [0.2, 0.25) is 0 Å². The van der Waals surface area contributed by atoms with Gasteiger partial charge in [0.2, 0.25) is 0 Å². The van der Waals surface area contributed by atoms with Gasteiger partial charge in [0, 0.05) is 32.2 Å². The zero-order valence-electron chi connectivity index (χ0n) is 17.9. The summed E-state index contributed by atoms with van der Waals surface area (Å²) in [4.78, 5) is 33.4. The molecule has 0 saturated carbocycles. The van der Waals surface area contributed by atoms with Gasteiger partial charge in [0.1, 0.15) is 17.3 Å². The van der Waals surface area contributed by atoms with Crippen molar-refractivity contribution in [3.05, 3.63) is 66.2 Å². The number of carbonyl (C=O) groups excluding carboxylic acids is 2. The third-order valence-electron chi connectivity index (χ3n) is 5.28. The Bertz CT molecular complexity index is 1070. The van der Waals surface area contributed by atoms with E-state index in [0.717, 1.165) is 5.82 Å². The first kappa shape index (κ1) is 21.2. The largest absolute Gasteiger partial charge is 0.497 e. The fourth-order valence-corrected chi connectivity index (χ4v) is 3.53. The maximum atomic E-state index is 13.0. The normalized spacial score (nSPS) is 13.6. The van der Waals surface area contributed by atoms with Gasteiger partial charge >= 0.3 is 0 Å². The SMILES string of the molecule is COc1ccc(C(=O)N2CCN(c3ccc(NC(=O)c4ccco4)cn3)CC2)c(OC)c1. The molecule has 9 heteroatoms. The lowest BCUT2D eigenvalue weighted by molar-refractivity contribution is 0.0743. The Labute approximate surface area is 185 Å². The van der Waals surface area contributed by atoms with Gasteiger partial charge in [-0.2, -0.15) is 0 Å². The minimum Gasteiger partial charge on any atom is -0.497 e. The fraction of sp³-hybridized carbons (Fsp3) is 0.261. The lowest BCUT2D eigenvalue weighted by Gasteiger charge is -2.35. The first-order chi connectivity index (χ1) is 15.6. The van der Waals surface area contributed by atoms with E-state index in [1.807, 2.05) is 6.07 Å². The number of pyridine rings is 1. The van der Waals surface area contributed by atoms with Crippen molar-refractivity contribution < 1.29 is 23.5 Å². The topological polar surface area (TPSA) is 97.1 Å². The van der Waals surface area contributed by atoms with Crippen molar-refractivity contribution in [3.8, 4) is 11.5 Å². The number of carbonyl (C=O) groups is 2. The second-order valence-electron chi connectivity index (χ2n) is 7.18. The molecule has 0 bridgehead atoms. The highest BCUT2D eigenvalue weighted by molar-refractivity contribution is 6.02. The molecule has 3 heterocycles. The molecule has 0 atom stereocenters. The number of ether oxygens (including phenoxy) is 2. The molecule has 1 aliphatic rings. The predicted octanol–water partition coefficient (Wildman–Crippen LogP) is 2.91. The van der Waals surface area contributed by atoms with Gasteiger partial charge in [-0.25, -0.2) is 4.98 Å². The highest BCUT2D eigenvalue weighted by Crippen LogP contribution is 2.26. The number of furan rings is 1. The van der Waals surface area contributed by atoms with Gasteiger partial charge in [0.15, 0.2) is 5.76 Å². The number of methoxy groups -OCH3 is 2. The summed E-state index contributed by atoms with van der Waals surface area (Å²) in [6, 6.07) is 12.1. The molecule has 0 aliphatic carbocycles. The molecular formula is C23H24N4O5. The molecule has 0 unspecified atom stereocenters. The predicted molar refractivity (Wildman–Crippen MR) is 119 cm³/mol. The zero-order chi connectivity index (χ0) is 22.5. The lowest BCUT2D eigenvalue weighted by Crippen LogP contribution is -2.49. The first-order valence-corrected chi connectivity index (χ1v) is 10.2. The van der Waals surface area contributed by atoms with E-state index in [1.54, 1.807) is 54.6 Å². The van der Waals surface area contributed by atoms with E-state index in [0.29, 0.717) is 48.9 Å². The molecule has 0 spiro atoms. The Balaban J connectivity index is 1.35. The van der Waals surface area contributed by atoms with E-state index in [4.69, 9.17) is 13.9 Å². The monoisotopic (exact) mass is 436 g/mol. The van der Waals surface area contributed by atoms with Crippen molar-refractivity contribution in [2.45, 2.75) is 0 Å². The van der Waals surface area contributed by atoms with E-state index < -0.39 is 0 Å². The zero-order valence-corrected chi connectivity index (χ0v) is 17.9. The van der Waals surface area contributed by atoms with Crippen LogP contribution in [-0.4, -0.2) is 62.1 Å². The maximum Gasteiger partial charge on any atom is 0.291 e. The van der Waals surface area contributed by atoms with Crippen molar-refractivity contribution in [2.24, 2.45) is 0 Å². The van der Waals surface area contributed by atoms with Crippen molar-refractivity contribution in [1.29, 1.82) is 0 Å². The molecule has 1 aromatic carbocycles. The van der Waals surface area contributed by atoms with Crippen molar-refractivity contribution >= 4 is 23.3 Å². The Morgan fingerprint density at radius 3 is 2.47 bits per heavy atom. The van der Waals surface area contributed by atoms with Crippen LogP contribution in [-0.2, 0) is 0 Å². The third-order valence-corrected chi connectivity index (χ3v) is 5.28. The van der Waals surface area contributed by atoms with E-state index in [1.165, 1.54) is 13.4 Å². The molecule has 0 radical (unpaired) electrons. The van der Waals surface area contributed by atoms with Crippen LogP contribution in [0.5, 0.6) is 11.5 Å². The highest BCUT2D eigenvalue weighted by atomic mass is 16.5. The Hall–Kier alpha value is -4.01. The van der Waals surface area contributed by atoms with Crippen molar-refractivity contribution in [1.82, 2.24) is 9.88 Å². The number of hydrogen-bond acceptors (Lipinski definition) is 7. The number of rotatable bonds is 6. The molecule has 1 saturated heterocycles. The molecule has 1 fully saturated rings. The van der Waals surface area contributed by atoms with E-state index >= 15 is 0 Å². The van der Waals surface area contributed by atoms with Crippen molar-refractivity contribution in [2.75, 3.05) is 50.6 Å². The number of anilines is 2. The summed E-state index contributed by atoms with van der Waals surface area (Å²) in [7, 11) is 3.11. The minimum atomic E-state index is -0.328. The van der Waals surface area contributed by atoms with E-state index in [9.17, 15) is 9.59 Å². The summed E-state index contributed by atoms with van der Waals surface area (Å²) in [5.41, 5.74) is 1.09. The van der Waals surface area contributed by atoms with Gasteiger partial charge in [0.25, 0.3) is 11.8 Å². The highest BCUT2D eigenvalue weighted by Gasteiger charge is 2.25. The molecular weight excluding hydrogens is 412 g/mol. The third kappa shape index (κ3) is 4.51.